The summed E-state index contributed by atoms with van der Waals surface area (Å²) in [5.74, 6) is 0. The van der Waals surface area contributed by atoms with E-state index in [0.29, 0.717) is 0 Å². The minimum atomic E-state index is -0.352. The standard InChI is InChI=1S/C18H25BN2O3/c1-17(2)18(3,4)24-19(23-17)13-8-9-14-15(11-13)21(12-20-14)16-7-5-6-10-22-16/h8-9,11-12,16H,5-7,10H2,1-4H3. The molecule has 1 aromatic carbocycles. The monoisotopic (exact) mass is 328 g/mol. The number of imidazole rings is 1. The van der Waals surface area contributed by atoms with E-state index in [2.05, 4.69) is 43.3 Å². The summed E-state index contributed by atoms with van der Waals surface area (Å²) in [5, 5.41) is 0. The first kappa shape index (κ1) is 16.1. The molecule has 0 spiro atoms. The highest BCUT2D eigenvalue weighted by atomic mass is 16.7. The molecule has 0 radical (unpaired) electrons. The van der Waals surface area contributed by atoms with Crippen LogP contribution in [-0.2, 0) is 14.0 Å². The number of benzene rings is 1. The Balaban J connectivity index is 1.68. The van der Waals surface area contributed by atoms with Crippen molar-refractivity contribution in [1.82, 2.24) is 9.55 Å². The third-order valence-electron chi connectivity index (χ3n) is 5.59. The van der Waals surface area contributed by atoms with E-state index in [1.165, 1.54) is 6.42 Å². The molecule has 2 aromatic rings. The molecule has 1 atom stereocenters. The van der Waals surface area contributed by atoms with Gasteiger partial charge in [-0.2, -0.15) is 0 Å². The fourth-order valence-corrected chi connectivity index (χ4v) is 3.34. The van der Waals surface area contributed by atoms with Crippen molar-refractivity contribution in [3.05, 3.63) is 24.5 Å². The molecule has 3 heterocycles. The molecule has 1 aromatic heterocycles. The number of rotatable bonds is 2. The third-order valence-corrected chi connectivity index (χ3v) is 5.59. The molecule has 6 heteroatoms. The molecule has 5 nitrogen and oxygen atoms in total. The van der Waals surface area contributed by atoms with E-state index in [-0.39, 0.29) is 24.5 Å². The van der Waals surface area contributed by atoms with Gasteiger partial charge >= 0.3 is 7.12 Å². The molecule has 0 bridgehead atoms. The Morgan fingerprint density at radius 2 is 1.88 bits per heavy atom. The zero-order valence-corrected chi connectivity index (χ0v) is 14.9. The van der Waals surface area contributed by atoms with Crippen LogP contribution in [0.15, 0.2) is 24.5 Å². The van der Waals surface area contributed by atoms with E-state index in [4.69, 9.17) is 14.0 Å². The van der Waals surface area contributed by atoms with Crippen LogP contribution in [0.1, 0.15) is 53.2 Å². The Morgan fingerprint density at radius 1 is 1.12 bits per heavy atom. The van der Waals surface area contributed by atoms with Crippen molar-refractivity contribution in [2.24, 2.45) is 0 Å². The van der Waals surface area contributed by atoms with Gasteiger partial charge in [0.2, 0.25) is 0 Å². The maximum Gasteiger partial charge on any atom is 0.494 e. The number of fused-ring (bicyclic) bond motifs is 1. The van der Waals surface area contributed by atoms with Crippen LogP contribution >= 0.6 is 0 Å². The number of hydrogen-bond acceptors (Lipinski definition) is 4. The van der Waals surface area contributed by atoms with E-state index >= 15 is 0 Å². The second-order valence-electron chi connectivity index (χ2n) is 7.81. The normalized spacial score (nSPS) is 26.2. The van der Waals surface area contributed by atoms with Crippen molar-refractivity contribution in [1.29, 1.82) is 0 Å². The Kier molecular flexibility index (Phi) is 3.75. The summed E-state index contributed by atoms with van der Waals surface area (Å²) >= 11 is 0. The van der Waals surface area contributed by atoms with Crippen LogP contribution < -0.4 is 5.46 Å². The molecule has 4 rings (SSSR count). The van der Waals surface area contributed by atoms with Gasteiger partial charge in [-0.05, 0) is 64.6 Å². The van der Waals surface area contributed by atoms with Gasteiger partial charge in [-0.25, -0.2) is 4.98 Å². The second-order valence-corrected chi connectivity index (χ2v) is 7.81. The first-order valence-electron chi connectivity index (χ1n) is 8.81. The van der Waals surface area contributed by atoms with E-state index < -0.39 is 0 Å². The van der Waals surface area contributed by atoms with E-state index in [1.54, 1.807) is 0 Å². The quantitative estimate of drug-likeness (QED) is 0.795. The highest BCUT2D eigenvalue weighted by molar-refractivity contribution is 6.62. The maximum atomic E-state index is 6.18. The Morgan fingerprint density at radius 3 is 2.54 bits per heavy atom. The summed E-state index contributed by atoms with van der Waals surface area (Å²) in [4.78, 5) is 4.52. The first-order chi connectivity index (χ1) is 11.4. The molecular weight excluding hydrogens is 303 g/mol. The summed E-state index contributed by atoms with van der Waals surface area (Å²) in [5.41, 5.74) is 2.41. The fraction of sp³-hybridized carbons (Fsp3) is 0.611. The lowest BCUT2D eigenvalue weighted by Crippen LogP contribution is -2.41. The first-order valence-corrected chi connectivity index (χ1v) is 8.81. The molecule has 0 aliphatic carbocycles. The van der Waals surface area contributed by atoms with Crippen LogP contribution in [0.3, 0.4) is 0 Å². The SMILES string of the molecule is CC1(C)OB(c2ccc3ncn(C4CCCCO4)c3c2)OC1(C)C. The van der Waals surface area contributed by atoms with Gasteiger partial charge in [0.05, 0.1) is 28.6 Å². The lowest BCUT2D eigenvalue weighted by atomic mass is 9.79. The minimum absolute atomic E-state index is 0.0808. The molecule has 2 fully saturated rings. The zero-order chi connectivity index (χ0) is 16.9. The van der Waals surface area contributed by atoms with Gasteiger partial charge in [0.1, 0.15) is 6.23 Å². The van der Waals surface area contributed by atoms with Gasteiger partial charge in [-0.1, -0.05) is 6.07 Å². The van der Waals surface area contributed by atoms with Crippen molar-refractivity contribution in [3.63, 3.8) is 0 Å². The van der Waals surface area contributed by atoms with Crippen LogP contribution in [-0.4, -0.2) is 34.5 Å². The molecule has 2 aliphatic heterocycles. The molecule has 0 amide bonds. The molecule has 0 N–H and O–H groups in total. The Labute approximate surface area is 143 Å². The van der Waals surface area contributed by atoms with Crippen LogP contribution in [0, 0.1) is 0 Å². The van der Waals surface area contributed by atoms with Crippen LogP contribution in [0.25, 0.3) is 11.0 Å². The summed E-state index contributed by atoms with van der Waals surface area (Å²) in [7, 11) is -0.352. The Hall–Kier alpha value is -1.37. The van der Waals surface area contributed by atoms with Crippen molar-refractivity contribution in [3.8, 4) is 0 Å². The third kappa shape index (κ3) is 2.57. The van der Waals surface area contributed by atoms with Gasteiger partial charge in [-0.3, -0.25) is 0 Å². The van der Waals surface area contributed by atoms with E-state index in [9.17, 15) is 0 Å². The average Bonchev–Trinajstić information content (AvgIpc) is 3.06. The predicted molar refractivity (Wildman–Crippen MR) is 94.3 cm³/mol. The molecule has 0 saturated carbocycles. The smallest absolute Gasteiger partial charge is 0.399 e. The number of ether oxygens (including phenoxy) is 1. The van der Waals surface area contributed by atoms with Gasteiger partial charge < -0.3 is 18.6 Å². The summed E-state index contributed by atoms with van der Waals surface area (Å²) in [6.07, 6.45) is 5.34. The van der Waals surface area contributed by atoms with Crippen LogP contribution in [0.5, 0.6) is 0 Å². The maximum absolute atomic E-state index is 6.18. The number of aromatic nitrogens is 2. The second kappa shape index (κ2) is 5.58. The molecule has 2 saturated heterocycles. The van der Waals surface area contributed by atoms with E-state index in [1.807, 2.05) is 18.5 Å². The lowest BCUT2D eigenvalue weighted by molar-refractivity contribution is -0.0295. The molecule has 128 valence electrons. The topological polar surface area (TPSA) is 45.5 Å². The highest BCUT2D eigenvalue weighted by Crippen LogP contribution is 2.36. The molecule has 2 aliphatic rings. The number of nitrogens with zero attached hydrogens (tertiary/aromatic N) is 2. The number of hydrogen-bond donors (Lipinski definition) is 0. The van der Waals surface area contributed by atoms with Gasteiger partial charge in [-0.15, -0.1) is 0 Å². The van der Waals surface area contributed by atoms with Gasteiger partial charge in [0.15, 0.2) is 0 Å². The van der Waals surface area contributed by atoms with Crippen molar-refractivity contribution in [2.45, 2.75) is 64.4 Å². The van der Waals surface area contributed by atoms with Crippen molar-refractivity contribution < 1.29 is 14.0 Å². The van der Waals surface area contributed by atoms with Crippen LogP contribution in [0.2, 0.25) is 0 Å². The lowest BCUT2D eigenvalue weighted by Gasteiger charge is -2.32. The molecular formula is C18H25BN2O3. The largest absolute Gasteiger partial charge is 0.494 e. The van der Waals surface area contributed by atoms with Crippen LogP contribution in [0.4, 0.5) is 0 Å². The van der Waals surface area contributed by atoms with Crippen molar-refractivity contribution >= 4 is 23.6 Å². The average molecular weight is 328 g/mol. The van der Waals surface area contributed by atoms with Gasteiger partial charge in [0, 0.05) is 6.61 Å². The Bertz CT molecular complexity index is 734. The molecule has 24 heavy (non-hydrogen) atoms. The van der Waals surface area contributed by atoms with E-state index in [0.717, 1.165) is 35.9 Å². The minimum Gasteiger partial charge on any atom is -0.399 e. The zero-order valence-electron chi connectivity index (χ0n) is 14.9. The highest BCUT2D eigenvalue weighted by Gasteiger charge is 2.51. The fourth-order valence-electron chi connectivity index (χ4n) is 3.34. The summed E-state index contributed by atoms with van der Waals surface area (Å²) in [6, 6.07) is 6.21. The van der Waals surface area contributed by atoms with Gasteiger partial charge in [0.25, 0.3) is 0 Å². The van der Waals surface area contributed by atoms with Crippen molar-refractivity contribution in [2.75, 3.05) is 6.61 Å². The predicted octanol–water partition coefficient (Wildman–Crippen LogP) is 3.03. The molecule has 1 unspecified atom stereocenters. The summed E-state index contributed by atoms with van der Waals surface area (Å²) < 4.78 is 20.4. The summed E-state index contributed by atoms with van der Waals surface area (Å²) in [6.45, 7) is 9.12.